The highest BCUT2D eigenvalue weighted by molar-refractivity contribution is 6.13. The van der Waals surface area contributed by atoms with Gasteiger partial charge >= 0.3 is 0 Å². The Balaban J connectivity index is 1.40. The van der Waals surface area contributed by atoms with E-state index in [0.29, 0.717) is 16.8 Å². The average molecular weight is 481 g/mol. The molecular weight excluding hydrogens is 454 g/mol. The minimum absolute atomic E-state index is 0.0130. The van der Waals surface area contributed by atoms with Gasteiger partial charge in [0.05, 0.1) is 17.7 Å². The summed E-state index contributed by atoms with van der Waals surface area (Å²) in [7, 11) is 0. The molecule has 1 fully saturated rings. The summed E-state index contributed by atoms with van der Waals surface area (Å²) in [5.41, 5.74) is 2.38. The van der Waals surface area contributed by atoms with Crippen molar-refractivity contribution in [3.8, 4) is 11.3 Å². The van der Waals surface area contributed by atoms with E-state index in [0.717, 1.165) is 37.4 Å². The molecule has 1 N–H and O–H groups in total. The van der Waals surface area contributed by atoms with Crippen molar-refractivity contribution in [2.24, 2.45) is 0 Å². The molecule has 0 aliphatic carbocycles. The van der Waals surface area contributed by atoms with E-state index in [-0.39, 0.29) is 24.1 Å². The van der Waals surface area contributed by atoms with Crippen LogP contribution in [0.15, 0.2) is 53.1 Å². The largest absolute Gasteiger partial charge is 0.455 e. The Morgan fingerprint density at radius 2 is 1.86 bits per heavy atom. The van der Waals surface area contributed by atoms with E-state index >= 15 is 0 Å². The van der Waals surface area contributed by atoms with Crippen LogP contribution in [0.1, 0.15) is 47.6 Å². The number of aromatic nitrogens is 1. The standard InChI is InChI=1S/C26H26F2N4O3/c1-26(2)20-6-5-18(31-11-9-29-10-12-31)13-19(20)24(33)32(25(26)34)15-17-4-3-16(14-30-17)21-7-8-22(35-21)23(27)28/h3-8,13-14,23,29H,9-12,15H2,1-2H3. The van der Waals surface area contributed by atoms with E-state index in [9.17, 15) is 18.4 Å². The van der Waals surface area contributed by atoms with Crippen LogP contribution in [0.2, 0.25) is 0 Å². The van der Waals surface area contributed by atoms with Gasteiger partial charge in [0.15, 0.2) is 5.76 Å². The number of pyridine rings is 1. The Kier molecular flexibility index (Phi) is 5.88. The first-order chi connectivity index (χ1) is 16.8. The van der Waals surface area contributed by atoms with Gasteiger partial charge in [-0.15, -0.1) is 0 Å². The molecule has 3 aromatic rings. The van der Waals surface area contributed by atoms with Crippen LogP contribution in [0, 0.1) is 0 Å². The molecule has 0 spiro atoms. The molecule has 5 rings (SSSR count). The molecule has 9 heteroatoms. The third kappa shape index (κ3) is 4.20. The van der Waals surface area contributed by atoms with Gasteiger partial charge in [-0.3, -0.25) is 19.5 Å². The number of hydrogen-bond donors (Lipinski definition) is 1. The van der Waals surface area contributed by atoms with Crippen molar-refractivity contribution < 1.29 is 22.8 Å². The fourth-order valence-electron chi connectivity index (χ4n) is 4.66. The van der Waals surface area contributed by atoms with E-state index in [1.165, 1.54) is 23.2 Å². The predicted molar refractivity (Wildman–Crippen MR) is 126 cm³/mol. The normalized spacial score (nSPS) is 17.7. The van der Waals surface area contributed by atoms with Crippen LogP contribution < -0.4 is 10.2 Å². The van der Waals surface area contributed by atoms with E-state index < -0.39 is 17.6 Å². The quantitative estimate of drug-likeness (QED) is 0.553. The molecule has 1 aromatic carbocycles. The fraction of sp³-hybridized carbons (Fsp3) is 0.346. The van der Waals surface area contributed by atoms with Crippen molar-refractivity contribution in [1.29, 1.82) is 0 Å². The number of benzene rings is 1. The molecule has 0 unspecified atom stereocenters. The van der Waals surface area contributed by atoms with Gasteiger partial charge in [0.1, 0.15) is 5.76 Å². The molecular formula is C26H26F2N4O3. The van der Waals surface area contributed by atoms with E-state index in [1.807, 2.05) is 32.0 Å². The second kappa shape index (κ2) is 8.88. The van der Waals surface area contributed by atoms with Gasteiger partial charge in [-0.1, -0.05) is 6.07 Å². The van der Waals surface area contributed by atoms with E-state index in [4.69, 9.17) is 4.42 Å². The van der Waals surface area contributed by atoms with E-state index in [2.05, 4.69) is 15.2 Å². The number of hydrogen-bond acceptors (Lipinski definition) is 6. The zero-order valence-electron chi connectivity index (χ0n) is 19.6. The molecule has 0 atom stereocenters. The monoisotopic (exact) mass is 480 g/mol. The highest BCUT2D eigenvalue weighted by Crippen LogP contribution is 2.37. The maximum atomic E-state index is 13.5. The number of anilines is 1. The van der Waals surface area contributed by atoms with Gasteiger partial charge < -0.3 is 14.6 Å². The van der Waals surface area contributed by atoms with Crippen LogP contribution in [0.25, 0.3) is 11.3 Å². The summed E-state index contributed by atoms with van der Waals surface area (Å²) < 4.78 is 30.8. The summed E-state index contributed by atoms with van der Waals surface area (Å²) in [6.07, 6.45) is -1.20. The average Bonchev–Trinajstić information content (AvgIpc) is 3.37. The Labute approximate surface area is 201 Å². The second-order valence-corrected chi connectivity index (χ2v) is 9.33. The fourth-order valence-corrected chi connectivity index (χ4v) is 4.66. The summed E-state index contributed by atoms with van der Waals surface area (Å²) >= 11 is 0. The number of nitrogens with zero attached hydrogens (tertiary/aromatic N) is 3. The number of carbonyl (C=O) groups is 2. The number of fused-ring (bicyclic) bond motifs is 1. The lowest BCUT2D eigenvalue weighted by Gasteiger charge is -2.38. The molecule has 4 heterocycles. The van der Waals surface area contributed by atoms with E-state index in [1.54, 1.807) is 12.1 Å². The van der Waals surface area contributed by atoms with Crippen molar-refractivity contribution >= 4 is 17.5 Å². The lowest BCUT2D eigenvalue weighted by atomic mass is 9.77. The topological polar surface area (TPSA) is 78.7 Å². The molecule has 1 saturated heterocycles. The third-order valence-electron chi connectivity index (χ3n) is 6.69. The molecule has 182 valence electrons. The van der Waals surface area contributed by atoms with Crippen LogP contribution in [0.3, 0.4) is 0 Å². The lowest BCUT2D eigenvalue weighted by Crippen LogP contribution is -2.51. The zero-order chi connectivity index (χ0) is 24.7. The molecule has 2 aromatic heterocycles. The third-order valence-corrected chi connectivity index (χ3v) is 6.69. The molecule has 2 amide bonds. The first-order valence-corrected chi connectivity index (χ1v) is 11.6. The predicted octanol–water partition coefficient (Wildman–Crippen LogP) is 4.15. The number of alkyl halides is 2. The number of piperazine rings is 1. The number of rotatable bonds is 5. The van der Waals surface area contributed by atoms with Gasteiger partial charge in [0.2, 0.25) is 5.91 Å². The minimum Gasteiger partial charge on any atom is -0.455 e. The lowest BCUT2D eigenvalue weighted by molar-refractivity contribution is -0.134. The first-order valence-electron chi connectivity index (χ1n) is 11.6. The van der Waals surface area contributed by atoms with Gasteiger partial charge in [0.25, 0.3) is 12.3 Å². The Morgan fingerprint density at radius 3 is 2.51 bits per heavy atom. The summed E-state index contributed by atoms with van der Waals surface area (Å²) in [6, 6.07) is 11.8. The number of nitrogens with one attached hydrogen (secondary N) is 1. The highest BCUT2D eigenvalue weighted by Gasteiger charge is 2.44. The molecule has 35 heavy (non-hydrogen) atoms. The number of halogens is 2. The van der Waals surface area contributed by atoms with Crippen LogP contribution in [-0.4, -0.2) is 47.9 Å². The Morgan fingerprint density at radius 1 is 1.09 bits per heavy atom. The van der Waals surface area contributed by atoms with Crippen molar-refractivity contribution in [2.45, 2.75) is 32.2 Å². The van der Waals surface area contributed by atoms with Gasteiger partial charge in [-0.2, -0.15) is 0 Å². The van der Waals surface area contributed by atoms with Gasteiger partial charge in [-0.25, -0.2) is 8.78 Å². The van der Waals surface area contributed by atoms with Gasteiger partial charge in [-0.05, 0) is 55.8 Å². The maximum absolute atomic E-state index is 13.5. The van der Waals surface area contributed by atoms with Crippen LogP contribution in [0.4, 0.5) is 14.5 Å². The van der Waals surface area contributed by atoms with Crippen LogP contribution >= 0.6 is 0 Å². The number of carbonyl (C=O) groups excluding carboxylic acids is 2. The number of amides is 2. The smallest absolute Gasteiger partial charge is 0.295 e. The Bertz CT molecular complexity index is 1260. The number of furan rings is 1. The van der Waals surface area contributed by atoms with Crippen molar-refractivity contribution in [2.75, 3.05) is 31.1 Å². The molecule has 7 nitrogen and oxygen atoms in total. The summed E-state index contributed by atoms with van der Waals surface area (Å²) in [5.74, 6) is -0.766. The van der Waals surface area contributed by atoms with Crippen LogP contribution in [-0.2, 0) is 16.8 Å². The van der Waals surface area contributed by atoms with Crippen molar-refractivity contribution in [1.82, 2.24) is 15.2 Å². The first kappa shape index (κ1) is 23.2. The summed E-state index contributed by atoms with van der Waals surface area (Å²) in [5, 5.41) is 3.32. The van der Waals surface area contributed by atoms with Crippen molar-refractivity contribution in [3.05, 3.63) is 71.2 Å². The molecule has 0 saturated carbocycles. The summed E-state index contributed by atoms with van der Waals surface area (Å²) in [4.78, 5) is 34.6. The molecule has 2 aliphatic rings. The number of imide groups is 1. The van der Waals surface area contributed by atoms with Gasteiger partial charge in [0, 0.05) is 49.2 Å². The Hall–Kier alpha value is -3.59. The maximum Gasteiger partial charge on any atom is 0.295 e. The molecule has 2 aliphatic heterocycles. The second-order valence-electron chi connectivity index (χ2n) is 9.33. The molecule has 0 bridgehead atoms. The van der Waals surface area contributed by atoms with Crippen LogP contribution in [0.5, 0.6) is 0 Å². The highest BCUT2D eigenvalue weighted by atomic mass is 19.3. The summed E-state index contributed by atoms with van der Waals surface area (Å²) in [6.45, 7) is 7.12. The SMILES string of the molecule is CC1(C)C(=O)N(Cc2ccc(-c3ccc(C(F)F)o3)cn2)C(=O)c2cc(N3CCNCC3)ccc21. The van der Waals surface area contributed by atoms with Crippen molar-refractivity contribution in [3.63, 3.8) is 0 Å². The molecule has 0 radical (unpaired) electrons. The minimum atomic E-state index is -2.69. The zero-order valence-corrected chi connectivity index (χ0v) is 19.6.